The molecule has 0 fully saturated rings. The van der Waals surface area contributed by atoms with Crippen molar-refractivity contribution in [2.45, 2.75) is 6.04 Å². The van der Waals surface area contributed by atoms with Crippen LogP contribution in [0.5, 0.6) is 0 Å². The average molecular weight is 166 g/mol. The number of carbonyl (C=O) groups excluding carboxylic acids is 2. The fourth-order valence-corrected chi connectivity index (χ4v) is 0.615. The van der Waals surface area contributed by atoms with Gasteiger partial charge in [0.25, 0.3) is 0 Å². The van der Waals surface area contributed by atoms with Crippen molar-refractivity contribution in [3.05, 3.63) is 0 Å². The van der Waals surface area contributed by atoms with Gasteiger partial charge in [0.05, 0.1) is 13.0 Å². The van der Waals surface area contributed by atoms with Crippen molar-refractivity contribution in [2.24, 2.45) is 0 Å². The number of carbonyl (C=O) groups is 2. The minimum absolute atomic E-state index is 0.0193. The maximum absolute atomic E-state index is 10.6. The first-order valence-corrected chi connectivity index (χ1v) is 3.13. The van der Waals surface area contributed by atoms with E-state index in [9.17, 15) is 9.59 Å². The molecule has 1 N–H and O–H groups in total. The zero-order chi connectivity index (χ0) is 7.98. The quantitative estimate of drug-likeness (QED) is 0.348. The summed E-state index contributed by atoms with van der Waals surface area (Å²) in [6.07, 6.45) is 0.407. The number of esters is 1. The van der Waals surface area contributed by atoms with Gasteiger partial charge in [-0.05, 0) is 0 Å². The number of amides is 1. The van der Waals surface area contributed by atoms with Crippen LogP contribution in [0.2, 0.25) is 0 Å². The third-order valence-electron chi connectivity index (χ3n) is 0.909. The Labute approximate surface area is 63.5 Å². The molecule has 0 rings (SSSR count). The molecular weight excluding hydrogens is 158 g/mol. The van der Waals surface area contributed by atoms with E-state index in [1.54, 1.807) is 0 Å². The molecule has 1 unspecified atom stereocenters. The number of methoxy groups -OCH3 is 1. The van der Waals surface area contributed by atoms with Gasteiger partial charge >= 0.3 is 5.97 Å². The third kappa shape index (κ3) is 2.68. The molecule has 1 atom stereocenters. The molecule has 0 saturated carbocycles. The van der Waals surface area contributed by atoms with Crippen molar-refractivity contribution in [1.29, 1.82) is 0 Å². The molecule has 0 saturated heterocycles. The molecule has 0 aliphatic rings. The lowest BCUT2D eigenvalue weighted by atomic mass is 10.3. The van der Waals surface area contributed by atoms with E-state index in [2.05, 4.69) is 10.1 Å². The molecule has 5 heteroatoms. The van der Waals surface area contributed by atoms with Crippen LogP contribution in [-0.2, 0) is 14.3 Å². The Morgan fingerprint density at radius 3 is 2.80 bits per heavy atom. The SMILES string of the molecule is COC(=O)C(CCl)NC=O. The Morgan fingerprint density at radius 2 is 2.50 bits per heavy atom. The topological polar surface area (TPSA) is 55.4 Å². The highest BCUT2D eigenvalue weighted by Gasteiger charge is 2.15. The third-order valence-corrected chi connectivity index (χ3v) is 1.22. The number of ether oxygens (including phenoxy) is 1. The van der Waals surface area contributed by atoms with Crippen molar-refractivity contribution < 1.29 is 14.3 Å². The largest absolute Gasteiger partial charge is 0.467 e. The molecule has 0 aromatic heterocycles. The van der Waals surface area contributed by atoms with Gasteiger partial charge in [0.1, 0.15) is 6.04 Å². The Balaban J connectivity index is 3.79. The summed E-state index contributed by atoms with van der Waals surface area (Å²) in [5.74, 6) is -0.520. The first-order chi connectivity index (χ1) is 4.76. The Morgan fingerprint density at radius 1 is 1.90 bits per heavy atom. The van der Waals surface area contributed by atoms with Crippen LogP contribution in [0.4, 0.5) is 0 Å². The monoisotopic (exact) mass is 165 g/mol. The fraction of sp³-hybridized carbons (Fsp3) is 0.600. The van der Waals surface area contributed by atoms with Gasteiger partial charge in [-0.25, -0.2) is 4.79 Å². The first-order valence-electron chi connectivity index (χ1n) is 2.59. The molecule has 0 aromatic rings. The average Bonchev–Trinajstić information content (AvgIpc) is 1.99. The van der Waals surface area contributed by atoms with Crippen LogP contribution in [0.3, 0.4) is 0 Å². The minimum Gasteiger partial charge on any atom is -0.467 e. The van der Waals surface area contributed by atoms with E-state index in [-0.39, 0.29) is 5.88 Å². The Bertz CT molecular complexity index is 128. The van der Waals surface area contributed by atoms with Gasteiger partial charge in [-0.3, -0.25) is 4.79 Å². The van der Waals surface area contributed by atoms with Crippen molar-refractivity contribution in [1.82, 2.24) is 5.32 Å². The summed E-state index contributed by atoms with van der Waals surface area (Å²) in [6, 6.07) is -0.732. The van der Waals surface area contributed by atoms with Crippen molar-refractivity contribution in [3.8, 4) is 0 Å². The van der Waals surface area contributed by atoms with Crippen LogP contribution in [-0.4, -0.2) is 31.4 Å². The summed E-state index contributed by atoms with van der Waals surface area (Å²) >= 11 is 5.30. The van der Waals surface area contributed by atoms with Crippen LogP contribution in [0, 0.1) is 0 Å². The molecule has 0 aliphatic heterocycles. The zero-order valence-corrected chi connectivity index (χ0v) is 6.22. The summed E-state index contributed by atoms with van der Waals surface area (Å²) in [5.41, 5.74) is 0. The van der Waals surface area contributed by atoms with E-state index >= 15 is 0 Å². The van der Waals surface area contributed by atoms with E-state index in [1.807, 2.05) is 0 Å². The van der Waals surface area contributed by atoms with Crippen LogP contribution in [0.1, 0.15) is 0 Å². The first kappa shape index (κ1) is 9.23. The van der Waals surface area contributed by atoms with Gasteiger partial charge in [0, 0.05) is 0 Å². The van der Waals surface area contributed by atoms with Crippen LogP contribution in [0.15, 0.2) is 0 Å². The molecule has 4 nitrogen and oxygen atoms in total. The van der Waals surface area contributed by atoms with Gasteiger partial charge in [0.2, 0.25) is 6.41 Å². The van der Waals surface area contributed by atoms with Crippen molar-refractivity contribution >= 4 is 24.0 Å². The van der Waals surface area contributed by atoms with Crippen molar-refractivity contribution in [3.63, 3.8) is 0 Å². The standard InChI is InChI=1S/C5H8ClNO3/c1-10-5(9)4(2-6)7-3-8/h3-4H,2H2,1H3,(H,7,8). The second-order valence-corrected chi connectivity index (χ2v) is 1.82. The molecule has 58 valence electrons. The van der Waals surface area contributed by atoms with E-state index in [4.69, 9.17) is 11.6 Å². The molecular formula is C5H8ClNO3. The zero-order valence-electron chi connectivity index (χ0n) is 5.46. The van der Waals surface area contributed by atoms with Crippen molar-refractivity contribution in [2.75, 3.05) is 13.0 Å². The molecule has 0 heterocycles. The Hall–Kier alpha value is -0.770. The number of halogens is 1. The van der Waals surface area contributed by atoms with Gasteiger partial charge in [-0.15, -0.1) is 11.6 Å². The summed E-state index contributed by atoms with van der Waals surface area (Å²) < 4.78 is 4.31. The number of alkyl halides is 1. The maximum Gasteiger partial charge on any atom is 0.329 e. The van der Waals surface area contributed by atoms with Crippen LogP contribution < -0.4 is 5.32 Å². The predicted octanol–water partition coefficient (Wildman–Crippen LogP) is -0.487. The molecule has 1 amide bonds. The molecule has 0 radical (unpaired) electrons. The second-order valence-electron chi connectivity index (χ2n) is 1.51. The smallest absolute Gasteiger partial charge is 0.329 e. The second kappa shape index (κ2) is 5.05. The van der Waals surface area contributed by atoms with Crippen LogP contribution in [0.25, 0.3) is 0 Å². The van der Waals surface area contributed by atoms with E-state index < -0.39 is 12.0 Å². The normalized spacial score (nSPS) is 11.8. The number of hydrogen-bond donors (Lipinski definition) is 1. The Kier molecular flexibility index (Phi) is 4.66. The number of hydrogen-bond acceptors (Lipinski definition) is 3. The summed E-state index contributed by atoms with van der Waals surface area (Å²) in [7, 11) is 1.23. The predicted molar refractivity (Wildman–Crippen MR) is 35.7 cm³/mol. The highest BCUT2D eigenvalue weighted by Crippen LogP contribution is 1.89. The van der Waals surface area contributed by atoms with Crippen LogP contribution >= 0.6 is 11.6 Å². The molecule has 0 aliphatic carbocycles. The maximum atomic E-state index is 10.6. The molecule has 0 spiro atoms. The van der Waals surface area contributed by atoms with E-state index in [0.717, 1.165) is 0 Å². The number of rotatable bonds is 4. The number of nitrogens with one attached hydrogen (secondary N) is 1. The van der Waals surface area contributed by atoms with E-state index in [1.165, 1.54) is 7.11 Å². The summed E-state index contributed by atoms with van der Waals surface area (Å²) in [5, 5.41) is 2.20. The lowest BCUT2D eigenvalue weighted by molar-refractivity contribution is -0.143. The van der Waals surface area contributed by atoms with E-state index in [0.29, 0.717) is 6.41 Å². The lowest BCUT2D eigenvalue weighted by Gasteiger charge is -2.08. The molecule has 10 heavy (non-hydrogen) atoms. The van der Waals surface area contributed by atoms with Gasteiger partial charge < -0.3 is 10.1 Å². The van der Waals surface area contributed by atoms with Gasteiger partial charge in [-0.1, -0.05) is 0 Å². The molecule has 0 bridgehead atoms. The molecule has 0 aromatic carbocycles. The fourth-order valence-electron chi connectivity index (χ4n) is 0.400. The highest BCUT2D eigenvalue weighted by molar-refractivity contribution is 6.19. The minimum atomic E-state index is -0.732. The van der Waals surface area contributed by atoms with Gasteiger partial charge in [0.15, 0.2) is 0 Å². The highest BCUT2D eigenvalue weighted by atomic mass is 35.5. The lowest BCUT2D eigenvalue weighted by Crippen LogP contribution is -2.38. The summed E-state index contributed by atoms with van der Waals surface area (Å²) in [4.78, 5) is 20.4. The van der Waals surface area contributed by atoms with Gasteiger partial charge in [-0.2, -0.15) is 0 Å². The summed E-state index contributed by atoms with van der Waals surface area (Å²) in [6.45, 7) is 0.